The third-order valence-corrected chi connectivity index (χ3v) is 3.98. The van der Waals surface area contributed by atoms with E-state index in [9.17, 15) is 0 Å². The molecule has 86 valence electrons. The van der Waals surface area contributed by atoms with Gasteiger partial charge >= 0.3 is 0 Å². The van der Waals surface area contributed by atoms with E-state index < -0.39 is 0 Å². The first-order valence-corrected chi connectivity index (χ1v) is 6.65. The number of thiophene rings is 1. The molecule has 2 heterocycles. The Balaban J connectivity index is 2.25. The topological polar surface area (TPSA) is 64.9 Å². The molecule has 0 radical (unpaired) electrons. The van der Waals surface area contributed by atoms with Crippen LogP contribution in [0.2, 0.25) is 0 Å². The van der Waals surface area contributed by atoms with Crippen molar-refractivity contribution >= 4 is 27.3 Å². The molecule has 2 N–H and O–H groups in total. The molecule has 2 aromatic rings. The molecule has 1 atom stereocenters. The van der Waals surface area contributed by atoms with E-state index in [0.717, 1.165) is 15.1 Å². The predicted molar refractivity (Wildman–Crippen MR) is 67.4 cm³/mol. The second-order valence-corrected chi connectivity index (χ2v) is 5.86. The van der Waals surface area contributed by atoms with Crippen molar-refractivity contribution in [2.75, 3.05) is 6.54 Å². The highest BCUT2D eigenvalue weighted by Crippen LogP contribution is 2.30. The first kappa shape index (κ1) is 11.8. The first-order valence-electron chi connectivity index (χ1n) is 5.04. The summed E-state index contributed by atoms with van der Waals surface area (Å²) in [4.78, 5) is 5.36. The van der Waals surface area contributed by atoms with Gasteiger partial charge in [0.05, 0.1) is 14.6 Å². The Morgan fingerprint density at radius 2 is 2.38 bits per heavy atom. The summed E-state index contributed by atoms with van der Waals surface area (Å²) in [6, 6.07) is 3.93. The molecule has 2 aromatic heterocycles. The molecule has 6 heteroatoms. The Bertz CT molecular complexity index is 464. The van der Waals surface area contributed by atoms with Gasteiger partial charge in [-0.15, -0.1) is 11.3 Å². The number of hydrogen-bond acceptors (Lipinski definition) is 5. The van der Waals surface area contributed by atoms with Crippen LogP contribution in [-0.4, -0.2) is 16.7 Å². The van der Waals surface area contributed by atoms with Crippen LogP contribution < -0.4 is 5.73 Å². The lowest BCUT2D eigenvalue weighted by Crippen LogP contribution is -2.11. The highest BCUT2D eigenvalue weighted by molar-refractivity contribution is 9.11. The molecule has 0 bridgehead atoms. The lowest BCUT2D eigenvalue weighted by molar-refractivity contribution is 0.352. The Kier molecular flexibility index (Phi) is 3.73. The SMILES string of the molecule is CCC(CN)c1nc(-c2ccc(Br)s2)no1. The fourth-order valence-electron chi connectivity index (χ4n) is 1.38. The van der Waals surface area contributed by atoms with Gasteiger partial charge in [0.25, 0.3) is 0 Å². The predicted octanol–water partition coefficient (Wildman–Crippen LogP) is 3.01. The maximum Gasteiger partial charge on any atom is 0.231 e. The van der Waals surface area contributed by atoms with Crippen molar-refractivity contribution in [1.29, 1.82) is 0 Å². The summed E-state index contributed by atoms with van der Waals surface area (Å²) in [6.07, 6.45) is 0.909. The van der Waals surface area contributed by atoms with Gasteiger partial charge in [-0.05, 0) is 34.5 Å². The lowest BCUT2D eigenvalue weighted by atomic mass is 10.1. The minimum atomic E-state index is 0.157. The molecule has 0 aliphatic rings. The normalized spacial score (nSPS) is 12.9. The molecule has 0 aliphatic carbocycles. The van der Waals surface area contributed by atoms with Crippen LogP contribution in [0.4, 0.5) is 0 Å². The van der Waals surface area contributed by atoms with Crippen molar-refractivity contribution in [3.05, 3.63) is 21.8 Å². The molecule has 2 rings (SSSR count). The van der Waals surface area contributed by atoms with E-state index in [-0.39, 0.29) is 5.92 Å². The van der Waals surface area contributed by atoms with Crippen LogP contribution in [0.25, 0.3) is 10.7 Å². The van der Waals surface area contributed by atoms with Gasteiger partial charge < -0.3 is 10.3 Å². The number of rotatable bonds is 4. The third kappa shape index (κ3) is 2.34. The molecular weight excluding hydrogens is 290 g/mol. The van der Waals surface area contributed by atoms with Crippen LogP contribution in [0.1, 0.15) is 25.2 Å². The van der Waals surface area contributed by atoms with Crippen molar-refractivity contribution in [3.63, 3.8) is 0 Å². The van der Waals surface area contributed by atoms with Crippen LogP contribution >= 0.6 is 27.3 Å². The van der Waals surface area contributed by atoms with Crippen molar-refractivity contribution in [2.45, 2.75) is 19.3 Å². The summed E-state index contributed by atoms with van der Waals surface area (Å²) in [7, 11) is 0. The largest absolute Gasteiger partial charge is 0.339 e. The van der Waals surface area contributed by atoms with Crippen LogP contribution in [0.5, 0.6) is 0 Å². The van der Waals surface area contributed by atoms with Crippen LogP contribution in [0.3, 0.4) is 0 Å². The Hall–Kier alpha value is -0.720. The lowest BCUT2D eigenvalue weighted by Gasteiger charge is -2.03. The molecule has 16 heavy (non-hydrogen) atoms. The van der Waals surface area contributed by atoms with E-state index in [2.05, 4.69) is 33.0 Å². The number of nitrogens with zero attached hydrogens (tertiary/aromatic N) is 2. The Labute approximate surface area is 106 Å². The molecule has 0 aliphatic heterocycles. The summed E-state index contributed by atoms with van der Waals surface area (Å²) in [6.45, 7) is 2.59. The zero-order chi connectivity index (χ0) is 11.5. The second-order valence-electron chi connectivity index (χ2n) is 3.40. The molecule has 4 nitrogen and oxygen atoms in total. The maximum absolute atomic E-state index is 5.63. The monoisotopic (exact) mass is 301 g/mol. The summed E-state index contributed by atoms with van der Waals surface area (Å²) >= 11 is 4.99. The summed E-state index contributed by atoms with van der Waals surface area (Å²) in [5, 5.41) is 3.96. The van der Waals surface area contributed by atoms with Gasteiger partial charge in [-0.1, -0.05) is 12.1 Å². The highest BCUT2D eigenvalue weighted by Gasteiger charge is 2.17. The maximum atomic E-state index is 5.63. The van der Waals surface area contributed by atoms with E-state index >= 15 is 0 Å². The van der Waals surface area contributed by atoms with E-state index in [1.807, 2.05) is 12.1 Å². The quantitative estimate of drug-likeness (QED) is 0.943. The van der Waals surface area contributed by atoms with Crippen molar-refractivity contribution < 1.29 is 4.52 Å². The Morgan fingerprint density at radius 1 is 1.56 bits per heavy atom. The number of hydrogen-bond donors (Lipinski definition) is 1. The molecule has 0 aromatic carbocycles. The smallest absolute Gasteiger partial charge is 0.231 e. The van der Waals surface area contributed by atoms with Gasteiger partial charge in [0.1, 0.15) is 0 Å². The summed E-state index contributed by atoms with van der Waals surface area (Å²) < 4.78 is 6.28. The van der Waals surface area contributed by atoms with Crippen LogP contribution in [0, 0.1) is 0 Å². The second kappa shape index (κ2) is 5.07. The minimum absolute atomic E-state index is 0.157. The fourth-order valence-corrected chi connectivity index (χ4v) is 2.69. The van der Waals surface area contributed by atoms with Gasteiger partial charge in [-0.3, -0.25) is 0 Å². The van der Waals surface area contributed by atoms with Gasteiger partial charge in [0.15, 0.2) is 0 Å². The first-order chi connectivity index (χ1) is 7.74. The third-order valence-electron chi connectivity index (χ3n) is 2.36. The summed E-state index contributed by atoms with van der Waals surface area (Å²) in [5.41, 5.74) is 5.63. The van der Waals surface area contributed by atoms with Crippen molar-refractivity contribution in [3.8, 4) is 10.7 Å². The van der Waals surface area contributed by atoms with Gasteiger partial charge in [0.2, 0.25) is 11.7 Å². The van der Waals surface area contributed by atoms with E-state index in [0.29, 0.717) is 18.3 Å². The summed E-state index contributed by atoms with van der Waals surface area (Å²) in [5.74, 6) is 1.42. The van der Waals surface area contributed by atoms with Gasteiger partial charge in [0, 0.05) is 6.54 Å². The average Bonchev–Trinajstić information content (AvgIpc) is 2.89. The highest BCUT2D eigenvalue weighted by atomic mass is 79.9. The van der Waals surface area contributed by atoms with E-state index in [4.69, 9.17) is 10.3 Å². The molecule has 1 unspecified atom stereocenters. The number of halogens is 1. The molecular formula is C10H12BrN3OS. The molecule has 0 spiro atoms. The Morgan fingerprint density at radius 3 is 2.94 bits per heavy atom. The van der Waals surface area contributed by atoms with Crippen LogP contribution in [-0.2, 0) is 0 Å². The zero-order valence-corrected chi connectivity index (χ0v) is 11.2. The number of aromatic nitrogens is 2. The minimum Gasteiger partial charge on any atom is -0.339 e. The fraction of sp³-hybridized carbons (Fsp3) is 0.400. The molecule has 0 saturated carbocycles. The van der Waals surface area contributed by atoms with E-state index in [1.165, 1.54) is 0 Å². The van der Waals surface area contributed by atoms with Crippen LogP contribution in [0.15, 0.2) is 20.4 Å². The van der Waals surface area contributed by atoms with Crippen molar-refractivity contribution in [2.24, 2.45) is 5.73 Å². The van der Waals surface area contributed by atoms with Crippen molar-refractivity contribution in [1.82, 2.24) is 10.1 Å². The standard InChI is InChI=1S/C10H12BrN3OS/c1-2-6(5-12)10-13-9(14-15-10)7-3-4-8(11)16-7/h3-4,6H,2,5,12H2,1H3. The van der Waals surface area contributed by atoms with E-state index in [1.54, 1.807) is 11.3 Å². The van der Waals surface area contributed by atoms with Gasteiger partial charge in [-0.2, -0.15) is 4.98 Å². The average molecular weight is 302 g/mol. The molecule has 0 fully saturated rings. The number of nitrogens with two attached hydrogens (primary N) is 1. The molecule has 0 saturated heterocycles. The molecule has 0 amide bonds. The van der Waals surface area contributed by atoms with Gasteiger partial charge in [-0.25, -0.2) is 0 Å². The zero-order valence-electron chi connectivity index (χ0n) is 8.81.